The van der Waals surface area contributed by atoms with Crippen LogP contribution >= 0.6 is 0 Å². The van der Waals surface area contributed by atoms with Gasteiger partial charge in [-0.2, -0.15) is 26.6 Å². The van der Waals surface area contributed by atoms with E-state index >= 15 is 0 Å². The largest absolute Gasteiger partial charge is 0.534 e. The van der Waals surface area contributed by atoms with Crippen molar-refractivity contribution in [3.05, 3.63) is 24.5 Å². The minimum absolute atomic E-state index is 0.273. The molecule has 0 atom stereocenters. The van der Waals surface area contributed by atoms with E-state index in [0.29, 0.717) is 26.3 Å². The van der Waals surface area contributed by atoms with E-state index in [1.807, 2.05) is 4.90 Å². The summed E-state index contributed by atoms with van der Waals surface area (Å²) in [5, 5.41) is 0. The first kappa shape index (κ1) is 15.9. The lowest BCUT2D eigenvalue weighted by Crippen LogP contribution is -2.36. The van der Waals surface area contributed by atoms with E-state index in [1.165, 1.54) is 4.40 Å². The molecule has 1 saturated heterocycles. The van der Waals surface area contributed by atoms with Crippen LogP contribution in [0.3, 0.4) is 0 Å². The van der Waals surface area contributed by atoms with Crippen molar-refractivity contribution in [1.82, 2.24) is 9.38 Å². The van der Waals surface area contributed by atoms with Crippen LogP contribution in [0.25, 0.3) is 5.65 Å². The fourth-order valence-electron chi connectivity index (χ4n) is 2.17. The molecule has 3 rings (SSSR count). The smallest absolute Gasteiger partial charge is 0.378 e. The summed E-state index contributed by atoms with van der Waals surface area (Å²) in [6.07, 6.45) is 2.73. The highest BCUT2D eigenvalue weighted by Crippen LogP contribution is 2.27. The number of morpholine rings is 1. The third-order valence-electron chi connectivity index (χ3n) is 3.27. The number of fused-ring (bicyclic) bond motifs is 1. The van der Waals surface area contributed by atoms with Crippen molar-refractivity contribution >= 4 is 21.5 Å². The summed E-state index contributed by atoms with van der Waals surface area (Å²) in [5.41, 5.74) is -4.40. The van der Waals surface area contributed by atoms with Crippen LogP contribution < -0.4 is 9.08 Å². The zero-order chi connectivity index (χ0) is 16.7. The van der Waals surface area contributed by atoms with Gasteiger partial charge in [0.2, 0.25) is 0 Å². The minimum Gasteiger partial charge on any atom is -0.378 e. The Bertz CT molecular complexity index is 813. The maximum Gasteiger partial charge on any atom is 0.534 e. The fraction of sp³-hybridized carbons (Fsp3) is 0.417. The molecule has 0 radical (unpaired) electrons. The average molecular weight is 351 g/mol. The number of hydrogen-bond donors (Lipinski definition) is 0. The molecule has 126 valence electrons. The van der Waals surface area contributed by atoms with Gasteiger partial charge in [0.05, 0.1) is 25.1 Å². The first-order valence-corrected chi connectivity index (χ1v) is 7.99. The van der Waals surface area contributed by atoms with Crippen molar-refractivity contribution in [2.75, 3.05) is 31.2 Å². The molecular weight excluding hydrogens is 339 g/mol. The maximum atomic E-state index is 12.3. The van der Waals surface area contributed by atoms with Gasteiger partial charge in [0, 0.05) is 19.3 Å². The zero-order valence-corrected chi connectivity index (χ0v) is 12.5. The summed E-state index contributed by atoms with van der Waals surface area (Å²) in [5.74, 6) is -0.638. The molecule has 0 aliphatic carbocycles. The van der Waals surface area contributed by atoms with Crippen molar-refractivity contribution in [2.24, 2.45) is 0 Å². The van der Waals surface area contributed by atoms with Gasteiger partial charge in [-0.05, 0) is 12.1 Å². The van der Waals surface area contributed by atoms with Gasteiger partial charge < -0.3 is 18.2 Å². The summed E-state index contributed by atoms with van der Waals surface area (Å²) >= 11 is 0. The molecule has 0 spiro atoms. The molecule has 0 bridgehead atoms. The van der Waals surface area contributed by atoms with Crippen LogP contribution in [-0.2, 0) is 14.9 Å². The number of nitrogens with zero attached hydrogens (tertiary/aromatic N) is 3. The number of hydrogen-bond acceptors (Lipinski definition) is 6. The molecule has 7 nitrogen and oxygen atoms in total. The monoisotopic (exact) mass is 351 g/mol. The van der Waals surface area contributed by atoms with Crippen LogP contribution in [-0.4, -0.2) is 49.6 Å². The highest BCUT2D eigenvalue weighted by Gasteiger charge is 2.49. The number of halogens is 3. The summed E-state index contributed by atoms with van der Waals surface area (Å²) in [4.78, 5) is 5.75. The predicted octanol–water partition coefficient (Wildman–Crippen LogP) is 1.40. The van der Waals surface area contributed by atoms with E-state index < -0.39 is 21.5 Å². The van der Waals surface area contributed by atoms with Gasteiger partial charge in [-0.15, -0.1) is 0 Å². The third kappa shape index (κ3) is 3.20. The van der Waals surface area contributed by atoms with E-state index in [9.17, 15) is 21.6 Å². The summed E-state index contributed by atoms with van der Waals surface area (Å²) in [6.45, 7) is 2.54. The quantitative estimate of drug-likeness (QED) is 0.615. The lowest BCUT2D eigenvalue weighted by molar-refractivity contribution is -0.0501. The van der Waals surface area contributed by atoms with Gasteiger partial charge in [0.15, 0.2) is 0 Å². The van der Waals surface area contributed by atoms with Crippen LogP contribution in [0.1, 0.15) is 0 Å². The van der Waals surface area contributed by atoms with Gasteiger partial charge in [0.1, 0.15) is 5.65 Å². The molecule has 0 amide bonds. The molecular formula is C12H12F3N3O4S. The normalized spacial score (nSPS) is 16.7. The topological polar surface area (TPSA) is 73.1 Å². The van der Waals surface area contributed by atoms with Crippen molar-refractivity contribution in [3.63, 3.8) is 0 Å². The molecule has 2 aromatic heterocycles. The number of alkyl halides is 3. The molecule has 0 aromatic carbocycles. The van der Waals surface area contributed by atoms with E-state index in [-0.39, 0.29) is 5.65 Å². The van der Waals surface area contributed by atoms with Crippen molar-refractivity contribution in [3.8, 4) is 5.88 Å². The van der Waals surface area contributed by atoms with Crippen molar-refractivity contribution in [1.29, 1.82) is 0 Å². The second-order valence-electron chi connectivity index (χ2n) is 4.81. The molecule has 1 aliphatic rings. The highest BCUT2D eigenvalue weighted by molar-refractivity contribution is 7.87. The first-order valence-electron chi connectivity index (χ1n) is 6.58. The Labute approximate surface area is 129 Å². The molecule has 0 saturated carbocycles. The number of aromatic nitrogens is 2. The fourth-order valence-corrected chi connectivity index (χ4v) is 2.56. The SMILES string of the molecule is O=S(=O)(Oc1cn2cc(N3CCOCC3)ccc2n1)C(F)(F)F. The van der Waals surface area contributed by atoms with Gasteiger partial charge in [0.25, 0.3) is 5.88 Å². The van der Waals surface area contributed by atoms with E-state index in [4.69, 9.17) is 4.74 Å². The number of rotatable bonds is 3. The van der Waals surface area contributed by atoms with Gasteiger partial charge in [-0.25, -0.2) is 0 Å². The third-order valence-corrected chi connectivity index (χ3v) is 4.23. The lowest BCUT2D eigenvalue weighted by Gasteiger charge is -2.28. The Balaban J connectivity index is 1.87. The summed E-state index contributed by atoms with van der Waals surface area (Å²) in [6, 6.07) is 3.31. The molecule has 23 heavy (non-hydrogen) atoms. The van der Waals surface area contributed by atoms with Crippen molar-refractivity contribution in [2.45, 2.75) is 5.51 Å². The van der Waals surface area contributed by atoms with Gasteiger partial charge in [-0.3, -0.25) is 0 Å². The summed E-state index contributed by atoms with van der Waals surface area (Å²) < 4.78 is 69.6. The predicted molar refractivity (Wildman–Crippen MR) is 73.8 cm³/mol. The number of imidazole rings is 1. The summed E-state index contributed by atoms with van der Waals surface area (Å²) in [7, 11) is -5.73. The Morgan fingerprint density at radius 2 is 1.87 bits per heavy atom. The van der Waals surface area contributed by atoms with Gasteiger partial charge in [-0.1, -0.05) is 0 Å². The molecule has 1 aliphatic heterocycles. The molecule has 0 N–H and O–H groups in total. The van der Waals surface area contributed by atoms with Crippen LogP contribution in [0.2, 0.25) is 0 Å². The molecule has 1 fully saturated rings. The van der Waals surface area contributed by atoms with Crippen LogP contribution in [0.5, 0.6) is 5.88 Å². The Kier molecular flexibility index (Phi) is 3.84. The van der Waals surface area contributed by atoms with Crippen LogP contribution in [0.4, 0.5) is 18.9 Å². The van der Waals surface area contributed by atoms with Crippen molar-refractivity contribution < 1.29 is 30.5 Å². The molecule has 2 aromatic rings. The number of ether oxygens (including phenoxy) is 1. The van der Waals surface area contributed by atoms with Crippen LogP contribution in [0.15, 0.2) is 24.5 Å². The first-order chi connectivity index (χ1) is 10.8. The maximum absolute atomic E-state index is 12.3. The van der Waals surface area contributed by atoms with Gasteiger partial charge >= 0.3 is 15.6 Å². The van der Waals surface area contributed by atoms with E-state index in [1.54, 1.807) is 18.3 Å². The standard InChI is InChI=1S/C12H12F3N3O4S/c13-12(14,15)23(19,20)22-11-8-18-7-9(1-2-10(18)16-11)17-3-5-21-6-4-17/h1-2,7-8H,3-6H2. The van der Waals surface area contributed by atoms with Crippen LogP contribution in [0, 0.1) is 0 Å². The molecule has 3 heterocycles. The Hall–Kier alpha value is -2.01. The van der Waals surface area contributed by atoms with E-state index in [2.05, 4.69) is 9.17 Å². The second kappa shape index (κ2) is 5.57. The molecule has 0 unspecified atom stereocenters. The minimum atomic E-state index is -5.73. The van der Waals surface area contributed by atoms with E-state index in [0.717, 1.165) is 11.9 Å². The average Bonchev–Trinajstić information content (AvgIpc) is 2.87. The Morgan fingerprint density at radius 1 is 1.17 bits per heavy atom. The number of pyridine rings is 1. The zero-order valence-electron chi connectivity index (χ0n) is 11.7. The lowest BCUT2D eigenvalue weighted by atomic mass is 10.3. The Morgan fingerprint density at radius 3 is 2.52 bits per heavy atom. The highest BCUT2D eigenvalue weighted by atomic mass is 32.2. The number of anilines is 1. The molecule has 11 heteroatoms. The second-order valence-corrected chi connectivity index (χ2v) is 6.35.